The van der Waals surface area contributed by atoms with E-state index < -0.39 is 0 Å². The van der Waals surface area contributed by atoms with Crippen LogP contribution in [0.15, 0.2) is 59.6 Å². The van der Waals surface area contributed by atoms with Crippen molar-refractivity contribution in [3.63, 3.8) is 0 Å². The van der Waals surface area contributed by atoms with Gasteiger partial charge in [-0.15, -0.1) is 0 Å². The van der Waals surface area contributed by atoms with E-state index in [9.17, 15) is 0 Å². The lowest BCUT2D eigenvalue weighted by atomic mass is 10.1. The van der Waals surface area contributed by atoms with Crippen molar-refractivity contribution in [3.8, 4) is 0 Å². The van der Waals surface area contributed by atoms with Crippen LogP contribution in [0.1, 0.15) is 21.9 Å². The molecule has 0 fully saturated rings. The van der Waals surface area contributed by atoms with Gasteiger partial charge in [0.25, 0.3) is 0 Å². The van der Waals surface area contributed by atoms with Gasteiger partial charge >= 0.3 is 0 Å². The van der Waals surface area contributed by atoms with Crippen LogP contribution in [-0.4, -0.2) is 17.8 Å². The minimum Gasteiger partial charge on any atom is -0.362 e. The van der Waals surface area contributed by atoms with Gasteiger partial charge in [-0.05, 0) is 29.5 Å². The number of hydrogen-bond donors (Lipinski definition) is 1. The first-order chi connectivity index (χ1) is 10.4. The van der Waals surface area contributed by atoms with Crippen LogP contribution in [0.25, 0.3) is 0 Å². The van der Waals surface area contributed by atoms with E-state index in [1.807, 2.05) is 11.8 Å². The Labute approximate surface area is 129 Å². The standard InChI is InChI=1S/C18H18N2S/c1-2-6-13(7-3-1)17-12-19-18(21-17)20-16-10-14-8-4-5-9-15(14)11-16/h1-9,16-17H,10-12H2,(H,19,20). The monoisotopic (exact) mass is 294 g/mol. The van der Waals surface area contributed by atoms with E-state index in [0.717, 1.165) is 24.6 Å². The average Bonchev–Trinajstić information content (AvgIpc) is 3.14. The van der Waals surface area contributed by atoms with Crippen molar-refractivity contribution in [2.24, 2.45) is 4.99 Å². The van der Waals surface area contributed by atoms with Gasteiger partial charge in [-0.3, -0.25) is 4.99 Å². The molecule has 2 aliphatic rings. The second-order valence-electron chi connectivity index (χ2n) is 5.68. The van der Waals surface area contributed by atoms with Crippen LogP contribution in [0.5, 0.6) is 0 Å². The van der Waals surface area contributed by atoms with Crippen molar-refractivity contribution in [3.05, 3.63) is 71.3 Å². The Bertz CT molecular complexity index is 641. The van der Waals surface area contributed by atoms with Crippen LogP contribution in [0.3, 0.4) is 0 Å². The van der Waals surface area contributed by atoms with Crippen LogP contribution in [-0.2, 0) is 12.8 Å². The topological polar surface area (TPSA) is 24.4 Å². The molecule has 0 amide bonds. The molecule has 0 saturated carbocycles. The zero-order chi connectivity index (χ0) is 14.1. The molecule has 0 radical (unpaired) electrons. The number of amidine groups is 1. The fraction of sp³-hybridized carbons (Fsp3) is 0.278. The third-order valence-corrected chi connectivity index (χ3v) is 5.38. The van der Waals surface area contributed by atoms with Crippen molar-refractivity contribution in [2.45, 2.75) is 24.1 Å². The number of fused-ring (bicyclic) bond motifs is 1. The molecule has 1 aliphatic carbocycles. The Morgan fingerprint density at radius 2 is 1.57 bits per heavy atom. The Morgan fingerprint density at radius 3 is 2.29 bits per heavy atom. The average molecular weight is 294 g/mol. The second kappa shape index (κ2) is 5.57. The molecular formula is C18H18N2S. The van der Waals surface area contributed by atoms with Gasteiger partial charge in [-0.1, -0.05) is 66.4 Å². The molecular weight excluding hydrogens is 276 g/mol. The third kappa shape index (κ3) is 2.70. The first-order valence-corrected chi connectivity index (χ1v) is 8.36. The van der Waals surface area contributed by atoms with Crippen LogP contribution in [0.4, 0.5) is 0 Å². The molecule has 2 aromatic carbocycles. The molecule has 1 unspecified atom stereocenters. The molecule has 4 rings (SSSR count). The maximum atomic E-state index is 4.69. The highest BCUT2D eigenvalue weighted by atomic mass is 32.2. The van der Waals surface area contributed by atoms with Gasteiger partial charge in [0.1, 0.15) is 0 Å². The smallest absolute Gasteiger partial charge is 0.157 e. The normalized spacial score (nSPS) is 21.1. The van der Waals surface area contributed by atoms with Crippen LogP contribution >= 0.6 is 11.8 Å². The summed E-state index contributed by atoms with van der Waals surface area (Å²) in [6.45, 7) is 0.886. The number of nitrogens with one attached hydrogen (secondary N) is 1. The van der Waals surface area contributed by atoms with Crippen molar-refractivity contribution >= 4 is 16.9 Å². The molecule has 1 N–H and O–H groups in total. The van der Waals surface area contributed by atoms with Crippen molar-refractivity contribution in [1.29, 1.82) is 0 Å². The fourth-order valence-corrected chi connectivity index (χ4v) is 4.23. The number of rotatable bonds is 2. The Kier molecular flexibility index (Phi) is 3.44. The Balaban J connectivity index is 1.38. The molecule has 1 heterocycles. The predicted molar refractivity (Wildman–Crippen MR) is 89.8 cm³/mol. The van der Waals surface area contributed by atoms with Crippen molar-refractivity contribution in [2.75, 3.05) is 6.54 Å². The number of nitrogens with zero attached hydrogens (tertiary/aromatic N) is 1. The maximum Gasteiger partial charge on any atom is 0.157 e. The molecule has 0 saturated heterocycles. The largest absolute Gasteiger partial charge is 0.362 e. The Hall–Kier alpha value is -1.74. The van der Waals surface area contributed by atoms with Gasteiger partial charge in [0.05, 0.1) is 11.8 Å². The van der Waals surface area contributed by atoms with Crippen molar-refractivity contribution < 1.29 is 0 Å². The van der Waals surface area contributed by atoms with Crippen LogP contribution in [0, 0.1) is 0 Å². The minimum atomic E-state index is 0.470. The highest BCUT2D eigenvalue weighted by Gasteiger charge is 2.26. The summed E-state index contributed by atoms with van der Waals surface area (Å²) in [7, 11) is 0. The first-order valence-electron chi connectivity index (χ1n) is 7.48. The molecule has 21 heavy (non-hydrogen) atoms. The molecule has 0 aromatic heterocycles. The number of thioether (sulfide) groups is 1. The molecule has 2 nitrogen and oxygen atoms in total. The SMILES string of the molecule is c1ccc(C2CN=C(NC3Cc4ccccc4C3)S2)cc1. The van der Waals surface area contributed by atoms with Gasteiger partial charge < -0.3 is 5.32 Å². The summed E-state index contributed by atoms with van der Waals surface area (Å²) in [6.07, 6.45) is 2.23. The highest BCUT2D eigenvalue weighted by molar-refractivity contribution is 8.14. The summed E-state index contributed by atoms with van der Waals surface area (Å²) in [5.74, 6) is 0. The molecule has 1 aliphatic heterocycles. The van der Waals surface area contributed by atoms with E-state index in [-0.39, 0.29) is 0 Å². The van der Waals surface area contributed by atoms with E-state index in [4.69, 9.17) is 0 Å². The van der Waals surface area contributed by atoms with Crippen LogP contribution in [0.2, 0.25) is 0 Å². The molecule has 0 bridgehead atoms. The van der Waals surface area contributed by atoms with Gasteiger partial charge in [0.15, 0.2) is 5.17 Å². The Morgan fingerprint density at radius 1 is 0.905 bits per heavy atom. The van der Waals surface area contributed by atoms with Gasteiger partial charge in [0, 0.05) is 6.04 Å². The summed E-state index contributed by atoms with van der Waals surface area (Å²) < 4.78 is 0. The summed E-state index contributed by atoms with van der Waals surface area (Å²) in [4.78, 5) is 4.69. The van der Waals surface area contributed by atoms with E-state index in [2.05, 4.69) is 64.9 Å². The predicted octanol–water partition coefficient (Wildman–Crippen LogP) is 3.59. The fourth-order valence-electron chi connectivity index (χ4n) is 3.13. The van der Waals surface area contributed by atoms with Gasteiger partial charge in [-0.25, -0.2) is 0 Å². The maximum absolute atomic E-state index is 4.69. The van der Waals surface area contributed by atoms with Crippen LogP contribution < -0.4 is 5.32 Å². The number of benzene rings is 2. The summed E-state index contributed by atoms with van der Waals surface area (Å²) in [5.41, 5.74) is 4.34. The molecule has 0 spiro atoms. The van der Waals surface area contributed by atoms with Gasteiger partial charge in [-0.2, -0.15) is 0 Å². The highest BCUT2D eigenvalue weighted by Crippen LogP contribution is 2.35. The van der Waals surface area contributed by atoms with Crippen molar-refractivity contribution in [1.82, 2.24) is 5.32 Å². The second-order valence-corrected chi connectivity index (χ2v) is 6.87. The van der Waals surface area contributed by atoms with E-state index in [1.54, 1.807) is 0 Å². The summed E-state index contributed by atoms with van der Waals surface area (Å²) in [5, 5.41) is 5.22. The first kappa shape index (κ1) is 13.0. The minimum absolute atomic E-state index is 0.470. The van der Waals surface area contributed by atoms with E-state index in [1.165, 1.54) is 16.7 Å². The zero-order valence-electron chi connectivity index (χ0n) is 11.8. The zero-order valence-corrected chi connectivity index (χ0v) is 12.6. The number of hydrogen-bond acceptors (Lipinski definition) is 3. The molecule has 106 valence electrons. The molecule has 3 heteroatoms. The van der Waals surface area contributed by atoms with Gasteiger partial charge in [0.2, 0.25) is 0 Å². The molecule has 2 aromatic rings. The third-order valence-electron chi connectivity index (χ3n) is 4.20. The molecule has 1 atom stereocenters. The lowest BCUT2D eigenvalue weighted by Crippen LogP contribution is -2.32. The van der Waals surface area contributed by atoms with E-state index in [0.29, 0.717) is 11.3 Å². The van der Waals surface area contributed by atoms with E-state index >= 15 is 0 Å². The summed E-state index contributed by atoms with van der Waals surface area (Å²) in [6, 6.07) is 19.9. The summed E-state index contributed by atoms with van der Waals surface area (Å²) >= 11 is 1.87. The lowest BCUT2D eigenvalue weighted by molar-refractivity contribution is 0.648. The lowest BCUT2D eigenvalue weighted by Gasteiger charge is -2.14. The number of aliphatic imine (C=N–C) groups is 1. The quantitative estimate of drug-likeness (QED) is 0.915.